The second kappa shape index (κ2) is 6.88. The lowest BCUT2D eigenvalue weighted by Crippen LogP contribution is -2.19. The Hall–Kier alpha value is -0.583. The van der Waals surface area contributed by atoms with Crippen LogP contribution in [0.25, 0.3) is 0 Å². The van der Waals surface area contributed by atoms with Crippen LogP contribution in [0.15, 0.2) is 23.5 Å². The van der Waals surface area contributed by atoms with Crippen LogP contribution in [0, 0.1) is 0 Å². The molecule has 0 bridgehead atoms. The van der Waals surface area contributed by atoms with Crippen molar-refractivity contribution >= 4 is 9.04 Å². The molecule has 1 atom stereocenters. The van der Waals surface area contributed by atoms with Crippen molar-refractivity contribution in [2.24, 2.45) is 0 Å². The van der Waals surface area contributed by atoms with Crippen molar-refractivity contribution in [1.82, 2.24) is 5.48 Å². The summed E-state index contributed by atoms with van der Waals surface area (Å²) in [5.41, 5.74) is 6.89. The van der Waals surface area contributed by atoms with Crippen molar-refractivity contribution in [2.75, 3.05) is 6.79 Å². The number of allylic oxidation sites excluding steroid dienone is 2. The van der Waals surface area contributed by atoms with E-state index < -0.39 is 9.04 Å². The zero-order valence-electron chi connectivity index (χ0n) is 8.89. The lowest BCUT2D eigenvalue weighted by atomic mass is 10.3. The summed E-state index contributed by atoms with van der Waals surface area (Å²) in [6.07, 6.45) is 0. The van der Waals surface area contributed by atoms with Gasteiger partial charge in [0.05, 0.1) is 0 Å². The van der Waals surface area contributed by atoms with E-state index in [1.807, 2.05) is 33.0 Å². The Kier molecular flexibility index (Phi) is 6.57. The molecule has 0 heterocycles. The topological polar surface area (TPSA) is 30.5 Å². The molecule has 4 heteroatoms. The van der Waals surface area contributed by atoms with E-state index in [-0.39, 0.29) is 6.79 Å². The highest BCUT2D eigenvalue weighted by molar-refractivity contribution is 6.55. The molecule has 13 heavy (non-hydrogen) atoms. The Labute approximate surface area is 82.1 Å². The van der Waals surface area contributed by atoms with E-state index in [1.54, 1.807) is 0 Å². The number of rotatable bonds is 6. The van der Waals surface area contributed by atoms with E-state index in [9.17, 15) is 0 Å². The van der Waals surface area contributed by atoms with Crippen LogP contribution >= 0.6 is 0 Å². The summed E-state index contributed by atoms with van der Waals surface area (Å²) in [6, 6.07) is 0. The van der Waals surface area contributed by atoms with Crippen molar-refractivity contribution < 1.29 is 9.26 Å². The molecular weight excluding hydrogens is 182 g/mol. The van der Waals surface area contributed by atoms with Crippen molar-refractivity contribution in [3.8, 4) is 0 Å². The van der Waals surface area contributed by atoms with E-state index in [2.05, 4.69) is 12.1 Å². The third-order valence-electron chi connectivity index (χ3n) is 1.70. The van der Waals surface area contributed by atoms with Crippen LogP contribution in [0.2, 0.25) is 6.55 Å². The van der Waals surface area contributed by atoms with Gasteiger partial charge < -0.3 is 4.43 Å². The number of nitrogens with one attached hydrogen (secondary N) is 1. The van der Waals surface area contributed by atoms with Gasteiger partial charge in [-0.1, -0.05) is 11.3 Å². The number of hydroxylamine groups is 1. The summed E-state index contributed by atoms with van der Waals surface area (Å²) < 4.78 is 5.33. The van der Waals surface area contributed by atoms with Gasteiger partial charge in [0.1, 0.15) is 0 Å². The fraction of sp³-hybridized carbons (Fsp3) is 0.556. The summed E-state index contributed by atoms with van der Waals surface area (Å²) >= 11 is 0. The van der Waals surface area contributed by atoms with Crippen LogP contribution in [0.1, 0.15) is 20.8 Å². The average molecular weight is 201 g/mol. The van der Waals surface area contributed by atoms with Gasteiger partial charge in [0.25, 0.3) is 0 Å². The quantitative estimate of drug-likeness (QED) is 0.308. The van der Waals surface area contributed by atoms with Gasteiger partial charge in [-0.3, -0.25) is 5.48 Å². The molecule has 76 valence electrons. The maximum absolute atomic E-state index is 5.33. The average Bonchev–Trinajstić information content (AvgIpc) is 2.11. The van der Waals surface area contributed by atoms with E-state index in [0.29, 0.717) is 0 Å². The molecule has 0 aliphatic heterocycles. The van der Waals surface area contributed by atoms with Crippen LogP contribution in [0.4, 0.5) is 0 Å². The summed E-state index contributed by atoms with van der Waals surface area (Å²) in [7, 11) is -1.19. The van der Waals surface area contributed by atoms with Crippen molar-refractivity contribution in [1.29, 1.82) is 0 Å². The SMILES string of the molecule is C=C[SiH](C)OCONC(C)=C(C)C. The standard InChI is InChI=1S/C9H19NO2Si/c1-6-13(5)12-7-11-10-9(4)8(2)3/h6,10,13H,1,7H2,2-5H3. The lowest BCUT2D eigenvalue weighted by molar-refractivity contribution is -0.0343. The minimum absolute atomic E-state index is 0.282. The van der Waals surface area contributed by atoms with Gasteiger partial charge in [-0.25, -0.2) is 4.84 Å². The molecule has 0 aromatic heterocycles. The highest BCUT2D eigenvalue weighted by Crippen LogP contribution is 1.96. The Bertz CT molecular complexity index is 188. The fourth-order valence-corrected chi connectivity index (χ4v) is 0.868. The molecule has 0 aromatic rings. The predicted molar refractivity (Wildman–Crippen MR) is 57.4 cm³/mol. The summed E-state index contributed by atoms with van der Waals surface area (Å²) in [4.78, 5) is 5.09. The normalized spacial score (nSPS) is 12.0. The van der Waals surface area contributed by atoms with E-state index in [4.69, 9.17) is 9.26 Å². The molecule has 0 rings (SSSR count). The molecule has 0 amide bonds. The third-order valence-corrected chi connectivity index (χ3v) is 3.02. The zero-order chi connectivity index (χ0) is 10.3. The molecule has 0 fully saturated rings. The summed E-state index contributed by atoms with van der Waals surface area (Å²) in [5, 5.41) is 0. The molecule has 0 aliphatic carbocycles. The fourth-order valence-electron chi connectivity index (χ4n) is 0.449. The van der Waals surface area contributed by atoms with Gasteiger partial charge in [0.2, 0.25) is 9.04 Å². The van der Waals surface area contributed by atoms with E-state index in [0.717, 1.165) is 5.70 Å². The first-order valence-corrected chi connectivity index (χ1v) is 6.63. The van der Waals surface area contributed by atoms with E-state index >= 15 is 0 Å². The van der Waals surface area contributed by atoms with Gasteiger partial charge in [-0.05, 0) is 27.3 Å². The Morgan fingerprint density at radius 3 is 2.54 bits per heavy atom. The van der Waals surface area contributed by atoms with Crippen LogP contribution in [-0.4, -0.2) is 15.8 Å². The summed E-state index contributed by atoms with van der Waals surface area (Å²) in [5.74, 6) is 0. The van der Waals surface area contributed by atoms with Gasteiger partial charge in [-0.2, -0.15) is 0 Å². The Morgan fingerprint density at radius 2 is 2.08 bits per heavy atom. The maximum atomic E-state index is 5.33. The van der Waals surface area contributed by atoms with Crippen LogP contribution < -0.4 is 5.48 Å². The smallest absolute Gasteiger partial charge is 0.200 e. The first kappa shape index (κ1) is 12.4. The number of hydrogen-bond acceptors (Lipinski definition) is 3. The second-order valence-electron chi connectivity index (χ2n) is 3.10. The van der Waals surface area contributed by atoms with E-state index in [1.165, 1.54) is 5.57 Å². The van der Waals surface area contributed by atoms with Gasteiger partial charge >= 0.3 is 0 Å². The molecule has 0 radical (unpaired) electrons. The van der Waals surface area contributed by atoms with Crippen LogP contribution in [0.5, 0.6) is 0 Å². The molecule has 0 saturated carbocycles. The maximum Gasteiger partial charge on any atom is 0.200 e. The molecule has 1 N–H and O–H groups in total. The first-order chi connectivity index (χ1) is 6.07. The molecular formula is C9H19NO2Si. The van der Waals surface area contributed by atoms with Crippen LogP contribution in [-0.2, 0) is 9.26 Å². The Balaban J connectivity index is 3.47. The van der Waals surface area contributed by atoms with Gasteiger partial charge in [0.15, 0.2) is 6.79 Å². The van der Waals surface area contributed by atoms with Crippen LogP contribution in [0.3, 0.4) is 0 Å². The molecule has 0 saturated heterocycles. The monoisotopic (exact) mass is 201 g/mol. The van der Waals surface area contributed by atoms with Gasteiger partial charge in [-0.15, -0.1) is 6.58 Å². The largest absolute Gasteiger partial charge is 0.392 e. The molecule has 0 spiro atoms. The zero-order valence-corrected chi connectivity index (χ0v) is 10.0. The molecule has 0 aromatic carbocycles. The highest BCUT2D eigenvalue weighted by atomic mass is 28.3. The molecule has 0 aliphatic rings. The lowest BCUT2D eigenvalue weighted by Gasteiger charge is -2.10. The summed E-state index contributed by atoms with van der Waals surface area (Å²) in [6.45, 7) is 12.0. The van der Waals surface area contributed by atoms with Crippen molar-refractivity contribution in [2.45, 2.75) is 27.3 Å². The minimum Gasteiger partial charge on any atom is -0.392 e. The van der Waals surface area contributed by atoms with Crippen molar-refractivity contribution in [3.63, 3.8) is 0 Å². The second-order valence-corrected chi connectivity index (χ2v) is 5.31. The molecule has 1 unspecified atom stereocenters. The highest BCUT2D eigenvalue weighted by Gasteiger charge is 1.97. The Morgan fingerprint density at radius 1 is 1.46 bits per heavy atom. The first-order valence-electron chi connectivity index (χ1n) is 4.34. The minimum atomic E-state index is -1.19. The van der Waals surface area contributed by atoms with Crippen molar-refractivity contribution in [3.05, 3.63) is 23.5 Å². The molecule has 3 nitrogen and oxygen atoms in total. The predicted octanol–water partition coefficient (Wildman–Crippen LogP) is 1.87. The number of hydrogen-bond donors (Lipinski definition) is 1. The third kappa shape index (κ3) is 6.57. The van der Waals surface area contributed by atoms with Gasteiger partial charge in [0, 0.05) is 5.70 Å².